The highest BCUT2D eigenvalue weighted by atomic mass is 19.1. The van der Waals surface area contributed by atoms with Crippen molar-refractivity contribution in [3.8, 4) is 6.07 Å². The quantitative estimate of drug-likeness (QED) is 0.733. The zero-order valence-electron chi connectivity index (χ0n) is 8.74. The molecule has 0 bridgehead atoms. The molecule has 0 saturated carbocycles. The lowest BCUT2D eigenvalue weighted by atomic mass is 10.1. The van der Waals surface area contributed by atoms with Crippen molar-refractivity contribution in [3.63, 3.8) is 0 Å². The zero-order chi connectivity index (χ0) is 12.0. The van der Waals surface area contributed by atoms with E-state index in [0.29, 0.717) is 0 Å². The lowest BCUT2D eigenvalue weighted by molar-refractivity contribution is -0.139. The number of rotatable bonds is 3. The van der Waals surface area contributed by atoms with E-state index in [2.05, 4.69) is 4.74 Å². The molecule has 0 aliphatic rings. The molecule has 1 aromatic carbocycles. The first-order chi connectivity index (χ1) is 7.69. The summed E-state index contributed by atoms with van der Waals surface area (Å²) in [7, 11) is 1.28. The second kappa shape index (κ2) is 5.66. The predicted octanol–water partition coefficient (Wildman–Crippen LogP) is 2.27. The van der Waals surface area contributed by atoms with Crippen LogP contribution in [0.1, 0.15) is 17.5 Å². The van der Waals surface area contributed by atoms with Gasteiger partial charge in [-0.1, -0.05) is 24.3 Å². The monoisotopic (exact) mass is 219 g/mol. The minimum Gasteiger partial charge on any atom is -0.469 e. The van der Waals surface area contributed by atoms with Crippen LogP contribution in [0.15, 0.2) is 24.3 Å². The van der Waals surface area contributed by atoms with Gasteiger partial charge in [0.15, 0.2) is 0 Å². The number of ether oxygens (including phenoxy) is 1. The third-order valence-electron chi connectivity index (χ3n) is 1.96. The van der Waals surface area contributed by atoms with Crippen molar-refractivity contribution < 1.29 is 13.9 Å². The number of nitrogens with zero attached hydrogens (tertiary/aromatic N) is 1. The van der Waals surface area contributed by atoms with Gasteiger partial charge >= 0.3 is 5.97 Å². The van der Waals surface area contributed by atoms with Gasteiger partial charge in [0.05, 0.1) is 19.1 Å². The fraction of sp³-hybridized carbons (Fsp3) is 0.167. The number of hydrogen-bond donors (Lipinski definition) is 0. The molecule has 0 saturated heterocycles. The number of benzene rings is 1. The van der Waals surface area contributed by atoms with Crippen molar-refractivity contribution in [1.82, 2.24) is 0 Å². The van der Waals surface area contributed by atoms with Crippen molar-refractivity contribution in [2.24, 2.45) is 0 Å². The van der Waals surface area contributed by atoms with Gasteiger partial charge in [0.1, 0.15) is 11.9 Å². The molecular formula is C12H10FNO2. The summed E-state index contributed by atoms with van der Waals surface area (Å²) in [6, 6.07) is 6.26. The van der Waals surface area contributed by atoms with E-state index in [9.17, 15) is 9.18 Å². The third kappa shape index (κ3) is 2.92. The van der Waals surface area contributed by atoms with Crippen LogP contribution >= 0.6 is 0 Å². The van der Waals surface area contributed by atoms with Crippen LogP contribution < -0.4 is 0 Å². The Morgan fingerprint density at radius 2 is 2.38 bits per heavy atom. The molecule has 0 amide bonds. The summed E-state index contributed by atoms with van der Waals surface area (Å²) in [5.74, 6) is -0.973. The van der Waals surface area contributed by atoms with Crippen LogP contribution in [0.5, 0.6) is 0 Å². The van der Waals surface area contributed by atoms with Crippen LogP contribution in [0.2, 0.25) is 0 Å². The maximum Gasteiger partial charge on any atom is 0.309 e. The zero-order valence-corrected chi connectivity index (χ0v) is 8.74. The average molecular weight is 219 g/mol. The van der Waals surface area contributed by atoms with Gasteiger partial charge in [-0.05, 0) is 6.07 Å². The highest BCUT2D eigenvalue weighted by Crippen LogP contribution is 2.13. The van der Waals surface area contributed by atoms with Gasteiger partial charge in [0, 0.05) is 5.56 Å². The van der Waals surface area contributed by atoms with Gasteiger partial charge in [0.2, 0.25) is 0 Å². The van der Waals surface area contributed by atoms with Crippen LogP contribution in [0.3, 0.4) is 0 Å². The first kappa shape index (κ1) is 11.9. The van der Waals surface area contributed by atoms with Crippen LogP contribution in [0.4, 0.5) is 4.39 Å². The molecule has 0 atom stereocenters. The molecule has 0 fully saturated rings. The molecule has 0 spiro atoms. The number of carbonyl (C=O) groups is 1. The highest BCUT2D eigenvalue weighted by Gasteiger charge is 2.04. The van der Waals surface area contributed by atoms with Crippen molar-refractivity contribution in [1.29, 1.82) is 5.26 Å². The van der Waals surface area contributed by atoms with Crippen molar-refractivity contribution in [2.45, 2.75) is 6.42 Å². The Balaban J connectivity index is 2.82. The molecular weight excluding hydrogens is 209 g/mol. The minimum atomic E-state index is -0.578. The van der Waals surface area contributed by atoms with Crippen LogP contribution in [0.25, 0.3) is 6.08 Å². The molecule has 1 aromatic rings. The lowest BCUT2D eigenvalue weighted by Gasteiger charge is -1.98. The fourth-order valence-corrected chi connectivity index (χ4v) is 1.13. The molecule has 82 valence electrons. The lowest BCUT2D eigenvalue weighted by Crippen LogP contribution is -1.96. The molecule has 0 N–H and O–H groups in total. The Bertz CT molecular complexity index is 461. The Hall–Kier alpha value is -2.15. The molecule has 16 heavy (non-hydrogen) atoms. The summed E-state index contributed by atoms with van der Waals surface area (Å²) in [5.41, 5.74) is 0.267. The summed E-state index contributed by atoms with van der Waals surface area (Å²) in [4.78, 5) is 10.8. The fourth-order valence-electron chi connectivity index (χ4n) is 1.13. The summed E-state index contributed by atoms with van der Waals surface area (Å²) in [6.07, 6.45) is 3.02. The highest BCUT2D eigenvalue weighted by molar-refractivity contribution is 5.72. The maximum atomic E-state index is 13.5. The minimum absolute atomic E-state index is 0.0137. The first-order valence-electron chi connectivity index (χ1n) is 4.61. The van der Waals surface area contributed by atoms with E-state index in [-0.39, 0.29) is 17.5 Å². The Morgan fingerprint density at radius 1 is 1.62 bits per heavy atom. The summed E-state index contributed by atoms with van der Waals surface area (Å²) in [6.45, 7) is 0. The normalized spacial score (nSPS) is 10.1. The van der Waals surface area contributed by atoms with Crippen molar-refractivity contribution >= 4 is 12.0 Å². The van der Waals surface area contributed by atoms with E-state index < -0.39 is 11.8 Å². The summed E-state index contributed by atoms with van der Waals surface area (Å²) >= 11 is 0. The summed E-state index contributed by atoms with van der Waals surface area (Å²) < 4.78 is 17.9. The maximum absolute atomic E-state index is 13.5. The second-order valence-electron chi connectivity index (χ2n) is 3.00. The molecule has 1 rings (SSSR count). The molecule has 3 nitrogen and oxygen atoms in total. The van der Waals surface area contributed by atoms with E-state index in [0.717, 1.165) is 0 Å². The van der Waals surface area contributed by atoms with Gasteiger partial charge in [-0.2, -0.15) is 5.26 Å². The van der Waals surface area contributed by atoms with E-state index in [4.69, 9.17) is 5.26 Å². The van der Waals surface area contributed by atoms with Gasteiger partial charge in [-0.25, -0.2) is 4.39 Å². The number of esters is 1. The molecule has 0 aliphatic carbocycles. The Morgan fingerprint density at radius 3 is 3.00 bits per heavy atom. The van der Waals surface area contributed by atoms with E-state index in [1.165, 1.54) is 31.4 Å². The number of nitriles is 1. The predicted molar refractivity (Wildman–Crippen MR) is 56.8 cm³/mol. The van der Waals surface area contributed by atoms with E-state index in [1.54, 1.807) is 12.1 Å². The average Bonchev–Trinajstić information content (AvgIpc) is 2.31. The Labute approximate surface area is 92.8 Å². The second-order valence-corrected chi connectivity index (χ2v) is 3.00. The van der Waals surface area contributed by atoms with Crippen LogP contribution in [-0.4, -0.2) is 13.1 Å². The number of methoxy groups -OCH3 is 1. The summed E-state index contributed by atoms with van der Waals surface area (Å²) in [5, 5.41) is 8.61. The third-order valence-corrected chi connectivity index (χ3v) is 1.96. The SMILES string of the molecule is COC(=O)CC=Cc1cccc(C#N)c1F. The number of halogens is 1. The largest absolute Gasteiger partial charge is 0.469 e. The molecule has 0 radical (unpaired) electrons. The van der Waals surface area contributed by atoms with Crippen LogP contribution in [0, 0.1) is 17.1 Å². The smallest absolute Gasteiger partial charge is 0.309 e. The number of hydrogen-bond acceptors (Lipinski definition) is 3. The molecule has 4 heteroatoms. The van der Waals surface area contributed by atoms with Gasteiger partial charge in [0.25, 0.3) is 0 Å². The van der Waals surface area contributed by atoms with E-state index in [1.807, 2.05) is 0 Å². The standard InChI is InChI=1S/C12H10FNO2/c1-16-11(15)7-3-5-9-4-2-6-10(8-14)12(9)13/h2-6H,7H2,1H3. The van der Waals surface area contributed by atoms with Crippen LogP contribution in [-0.2, 0) is 9.53 Å². The van der Waals surface area contributed by atoms with Gasteiger partial charge in [-0.15, -0.1) is 0 Å². The molecule has 0 aliphatic heterocycles. The van der Waals surface area contributed by atoms with Gasteiger partial charge in [-0.3, -0.25) is 4.79 Å². The molecule has 0 aromatic heterocycles. The number of carbonyl (C=O) groups excluding carboxylic acids is 1. The molecule has 0 heterocycles. The Kier molecular flexibility index (Phi) is 4.22. The topological polar surface area (TPSA) is 50.1 Å². The van der Waals surface area contributed by atoms with Crippen molar-refractivity contribution in [3.05, 3.63) is 41.2 Å². The van der Waals surface area contributed by atoms with Crippen molar-refractivity contribution in [2.75, 3.05) is 7.11 Å². The van der Waals surface area contributed by atoms with E-state index >= 15 is 0 Å². The molecule has 0 unspecified atom stereocenters. The van der Waals surface area contributed by atoms with Gasteiger partial charge < -0.3 is 4.74 Å². The first-order valence-corrected chi connectivity index (χ1v) is 4.61.